The minimum Gasteiger partial charge on any atom is -0.459 e. The number of carbonyl (C=O) groups is 1. The smallest absolute Gasteiger partial charge is 0.340 e. The van der Waals surface area contributed by atoms with Crippen molar-refractivity contribution in [2.24, 2.45) is 0 Å². The first kappa shape index (κ1) is 10.0. The van der Waals surface area contributed by atoms with Crippen molar-refractivity contribution in [1.82, 2.24) is 9.88 Å². The van der Waals surface area contributed by atoms with Gasteiger partial charge in [-0.05, 0) is 25.9 Å². The fourth-order valence-corrected chi connectivity index (χ4v) is 3.72. The number of para-hydroxylation sites is 1. The Morgan fingerprint density at radius 2 is 2.19 bits per heavy atom. The minimum absolute atomic E-state index is 0.00242. The van der Waals surface area contributed by atoms with E-state index < -0.39 is 5.97 Å². The van der Waals surface area contributed by atoms with Crippen molar-refractivity contribution in [2.75, 3.05) is 7.05 Å². The van der Waals surface area contributed by atoms with Crippen molar-refractivity contribution in [3.05, 3.63) is 36.0 Å². The maximum Gasteiger partial charge on any atom is 0.340 e. The van der Waals surface area contributed by atoms with E-state index >= 15 is 0 Å². The molecule has 0 spiro atoms. The van der Waals surface area contributed by atoms with Crippen LogP contribution in [0, 0.1) is 0 Å². The lowest BCUT2D eigenvalue weighted by molar-refractivity contribution is -0.000258. The van der Waals surface area contributed by atoms with E-state index in [2.05, 4.69) is 16.9 Å². The predicted molar refractivity (Wildman–Crippen MR) is 81.3 cm³/mol. The number of fused-ring (bicyclic) bond motifs is 3. The predicted octanol–water partition coefficient (Wildman–Crippen LogP) is 2.95. The molecule has 4 heteroatoms. The average Bonchev–Trinajstić information content (AvgIpc) is 2.95. The summed E-state index contributed by atoms with van der Waals surface area (Å²) in [5.41, 5.74) is 0.521. The number of carbonyl (C=O) groups excluding carboxylic acids is 1. The molecule has 2 saturated heterocycles. The van der Waals surface area contributed by atoms with Gasteiger partial charge in [0.2, 0.25) is 0 Å². The lowest BCUT2D eigenvalue weighted by Gasteiger charge is -2.35. The van der Waals surface area contributed by atoms with Gasteiger partial charge in [0.05, 0.1) is 9.68 Å². The summed E-state index contributed by atoms with van der Waals surface area (Å²) in [7, 11) is 2.14. The van der Waals surface area contributed by atoms with Crippen molar-refractivity contribution < 1.29 is 13.6 Å². The molecular weight excluding hydrogens is 264 g/mol. The molecule has 0 radical (unpaired) electrons. The summed E-state index contributed by atoms with van der Waals surface area (Å²) in [6.07, 6.45) is 3.83. The van der Waals surface area contributed by atoms with Crippen molar-refractivity contribution in [3.63, 3.8) is 0 Å². The van der Waals surface area contributed by atoms with Gasteiger partial charge in [0.15, 0.2) is 0 Å². The summed E-state index contributed by atoms with van der Waals surface area (Å²) in [5.74, 6) is -0.502. The van der Waals surface area contributed by atoms with E-state index in [1.54, 1.807) is 6.07 Å². The summed E-state index contributed by atoms with van der Waals surface area (Å²) in [6, 6.07) is 4.10. The number of esters is 1. The van der Waals surface area contributed by atoms with E-state index in [9.17, 15) is 4.79 Å². The standard InChI is InChI=1S/C17H20N2O2/c1-19-11-6-7-12(19)9-13(8-11)21-17(20)15-10-18-16-5-3-2-4-14(15)16/h2-5,10-13,18H,6-9H2,1H3/t11-,12+,13?/i3D,5D,10D. The van der Waals surface area contributed by atoms with Crippen LogP contribution in [0.1, 0.15) is 40.2 Å². The van der Waals surface area contributed by atoms with Crippen molar-refractivity contribution in [3.8, 4) is 0 Å². The highest BCUT2D eigenvalue weighted by Gasteiger charge is 2.40. The first-order valence-electron chi connectivity index (χ1n) is 8.97. The minimum atomic E-state index is -0.502. The molecule has 2 aliphatic rings. The number of piperidine rings is 1. The van der Waals surface area contributed by atoms with Crippen LogP contribution < -0.4 is 0 Å². The van der Waals surface area contributed by atoms with Crippen molar-refractivity contribution in [1.29, 1.82) is 0 Å². The molecule has 4 rings (SSSR count). The molecule has 3 heterocycles. The molecule has 1 unspecified atom stereocenters. The van der Waals surface area contributed by atoms with Crippen LogP contribution in [0.25, 0.3) is 10.9 Å². The van der Waals surface area contributed by atoms with Gasteiger partial charge in [-0.25, -0.2) is 4.79 Å². The van der Waals surface area contributed by atoms with Crippen molar-refractivity contribution in [2.45, 2.75) is 43.9 Å². The summed E-state index contributed by atoms with van der Waals surface area (Å²) >= 11 is 0. The SMILES string of the molecule is [2H]c1ccc2c(C(=O)OC3C[C@H]4CC[C@@H](C3)N4C)c([2H])[nH]c2c1[2H]. The Balaban J connectivity index is 1.60. The fraction of sp³-hybridized carbons (Fsp3) is 0.471. The maximum absolute atomic E-state index is 12.6. The zero-order chi connectivity index (χ0) is 17.0. The molecule has 0 aliphatic carbocycles. The van der Waals surface area contributed by atoms with Crippen LogP contribution in [0.4, 0.5) is 0 Å². The summed E-state index contributed by atoms with van der Waals surface area (Å²) in [4.78, 5) is 17.8. The number of benzene rings is 1. The molecule has 4 nitrogen and oxygen atoms in total. The highest BCUT2D eigenvalue weighted by molar-refractivity contribution is 6.04. The van der Waals surface area contributed by atoms with E-state index in [4.69, 9.17) is 8.85 Å². The third kappa shape index (κ3) is 2.14. The van der Waals surface area contributed by atoms with Gasteiger partial charge in [-0.15, -0.1) is 0 Å². The molecule has 2 aromatic rings. The van der Waals surface area contributed by atoms with Crippen LogP contribution in [0.2, 0.25) is 0 Å². The van der Waals surface area contributed by atoms with E-state index in [1.165, 1.54) is 6.07 Å². The second-order valence-corrected chi connectivity index (χ2v) is 6.07. The molecule has 21 heavy (non-hydrogen) atoms. The number of H-pyrrole nitrogens is 1. The number of aromatic nitrogens is 1. The quantitative estimate of drug-likeness (QED) is 0.864. The molecule has 0 amide bonds. The molecular formula is C17H20N2O2. The zero-order valence-electron chi connectivity index (χ0n) is 15.0. The van der Waals surface area contributed by atoms with Gasteiger partial charge < -0.3 is 14.6 Å². The van der Waals surface area contributed by atoms with Gasteiger partial charge in [0.25, 0.3) is 0 Å². The molecule has 2 bridgehead atoms. The van der Waals surface area contributed by atoms with E-state index in [0.29, 0.717) is 23.0 Å². The summed E-state index contributed by atoms with van der Waals surface area (Å²) in [6.45, 7) is 0. The number of nitrogens with zero attached hydrogens (tertiary/aromatic N) is 1. The number of aromatic amines is 1. The Bertz CT molecular complexity index is 806. The second-order valence-electron chi connectivity index (χ2n) is 6.07. The number of ether oxygens (including phenoxy) is 1. The number of hydrogen-bond acceptors (Lipinski definition) is 3. The topological polar surface area (TPSA) is 45.3 Å². The molecule has 1 N–H and O–H groups in total. The molecule has 0 saturated carbocycles. The van der Waals surface area contributed by atoms with Gasteiger partial charge in [-0.2, -0.15) is 0 Å². The molecule has 110 valence electrons. The average molecular weight is 287 g/mol. The second kappa shape index (κ2) is 4.88. The van der Waals surface area contributed by atoms with E-state index in [1.807, 2.05) is 0 Å². The normalized spacial score (nSPS) is 30.9. The lowest BCUT2D eigenvalue weighted by atomic mass is 10.0. The highest BCUT2D eigenvalue weighted by Crippen LogP contribution is 2.35. The number of rotatable bonds is 2. The van der Waals surface area contributed by atoms with Gasteiger partial charge in [-0.1, -0.05) is 18.2 Å². The van der Waals surface area contributed by atoms with E-state index in [0.717, 1.165) is 25.7 Å². The van der Waals surface area contributed by atoms with Gasteiger partial charge in [0.1, 0.15) is 6.10 Å². The monoisotopic (exact) mass is 287 g/mol. The third-order valence-electron chi connectivity index (χ3n) is 4.91. The third-order valence-corrected chi connectivity index (χ3v) is 4.91. The Morgan fingerprint density at radius 1 is 1.43 bits per heavy atom. The van der Waals surface area contributed by atoms with E-state index in [-0.39, 0.29) is 29.9 Å². The van der Waals surface area contributed by atoms with Crippen LogP contribution in [0.3, 0.4) is 0 Å². The highest BCUT2D eigenvalue weighted by atomic mass is 16.5. The zero-order valence-corrected chi connectivity index (χ0v) is 12.0. The molecule has 2 aliphatic heterocycles. The van der Waals surface area contributed by atoms with Crippen LogP contribution >= 0.6 is 0 Å². The lowest BCUT2D eigenvalue weighted by Crippen LogP contribution is -2.43. The van der Waals surface area contributed by atoms with Crippen LogP contribution in [0.5, 0.6) is 0 Å². The summed E-state index contributed by atoms with van der Waals surface area (Å²) in [5, 5.41) is 0.488. The van der Waals surface area contributed by atoms with Gasteiger partial charge >= 0.3 is 5.97 Å². The Kier molecular flexibility index (Phi) is 2.33. The van der Waals surface area contributed by atoms with Crippen LogP contribution in [-0.4, -0.2) is 41.1 Å². The molecule has 2 fully saturated rings. The first-order chi connectivity index (χ1) is 11.5. The van der Waals surface area contributed by atoms with Gasteiger partial charge in [0, 0.05) is 42.0 Å². The van der Waals surface area contributed by atoms with Gasteiger partial charge in [-0.3, -0.25) is 0 Å². The number of nitrogens with one attached hydrogen (secondary N) is 1. The maximum atomic E-state index is 12.6. The van der Waals surface area contributed by atoms with Crippen molar-refractivity contribution >= 4 is 16.9 Å². The Hall–Kier alpha value is -1.81. The van der Waals surface area contributed by atoms with Crippen LogP contribution in [-0.2, 0) is 4.74 Å². The van der Waals surface area contributed by atoms with Crippen LogP contribution in [0.15, 0.2) is 30.4 Å². The first-order valence-corrected chi connectivity index (χ1v) is 7.47. The fourth-order valence-electron chi connectivity index (χ4n) is 3.72. The molecule has 1 aromatic heterocycles. The molecule has 1 aromatic carbocycles. The Morgan fingerprint density at radius 3 is 2.95 bits per heavy atom. The summed E-state index contributed by atoms with van der Waals surface area (Å²) < 4.78 is 29.3. The Labute approximate surface area is 128 Å². The number of hydrogen-bond donors (Lipinski definition) is 1. The molecule has 3 atom stereocenters. The largest absolute Gasteiger partial charge is 0.459 e.